The number of nitrogens with zero attached hydrogens (tertiary/aromatic N) is 1. The van der Waals surface area contributed by atoms with Crippen LogP contribution in [0.3, 0.4) is 0 Å². The van der Waals surface area contributed by atoms with Crippen molar-refractivity contribution in [3.8, 4) is 11.3 Å². The highest BCUT2D eigenvalue weighted by Gasteiger charge is 2.27. The standard InChI is InChI=1S/C30H41NO2/c1-3-5-7-9-11-28(30(32)33)26-17-13-24(14-18-26)25-15-19-27(20-16-25)29-21-12-23(22-31-29)10-8-6-4-2/h11-12,15-16,19-22,24,26H,3-10,13-14,17-18H2,1-2H3,(H,32,33). The van der Waals surface area contributed by atoms with E-state index in [0.717, 1.165) is 56.2 Å². The van der Waals surface area contributed by atoms with Crippen LogP contribution >= 0.6 is 0 Å². The van der Waals surface area contributed by atoms with Crippen molar-refractivity contribution in [2.75, 3.05) is 0 Å². The lowest BCUT2D eigenvalue weighted by Crippen LogP contribution is -2.19. The second-order valence-electron chi connectivity index (χ2n) is 9.64. The quantitative estimate of drug-likeness (QED) is 0.263. The Hall–Kier alpha value is -2.42. The average molecular weight is 448 g/mol. The Kier molecular flexibility index (Phi) is 10.2. The van der Waals surface area contributed by atoms with Crippen LogP contribution in [0.1, 0.15) is 102 Å². The fourth-order valence-corrected chi connectivity index (χ4v) is 5.07. The first-order valence-electron chi connectivity index (χ1n) is 13.1. The number of benzene rings is 1. The molecule has 0 spiro atoms. The first-order chi connectivity index (χ1) is 16.1. The fourth-order valence-electron chi connectivity index (χ4n) is 5.07. The zero-order valence-electron chi connectivity index (χ0n) is 20.6. The van der Waals surface area contributed by atoms with E-state index in [1.54, 1.807) is 0 Å². The van der Waals surface area contributed by atoms with Gasteiger partial charge in [-0.25, -0.2) is 4.79 Å². The van der Waals surface area contributed by atoms with Crippen LogP contribution in [0.2, 0.25) is 0 Å². The summed E-state index contributed by atoms with van der Waals surface area (Å²) < 4.78 is 0. The maximum absolute atomic E-state index is 11.8. The molecule has 0 aliphatic heterocycles. The van der Waals surface area contributed by atoms with Gasteiger partial charge in [0.05, 0.1) is 5.69 Å². The van der Waals surface area contributed by atoms with Crippen LogP contribution in [0.25, 0.3) is 11.3 Å². The number of unbranched alkanes of at least 4 members (excludes halogenated alkanes) is 5. The summed E-state index contributed by atoms with van der Waals surface area (Å²) in [6, 6.07) is 13.2. The topological polar surface area (TPSA) is 50.2 Å². The first kappa shape index (κ1) is 25.2. The van der Waals surface area contributed by atoms with Crippen molar-refractivity contribution < 1.29 is 9.90 Å². The smallest absolute Gasteiger partial charge is 0.331 e. The number of aromatic nitrogens is 1. The summed E-state index contributed by atoms with van der Waals surface area (Å²) in [4.78, 5) is 16.5. The van der Waals surface area contributed by atoms with E-state index >= 15 is 0 Å². The molecule has 0 bridgehead atoms. The van der Waals surface area contributed by atoms with Crippen molar-refractivity contribution in [3.05, 3.63) is 65.4 Å². The number of carboxylic acids is 1. The third-order valence-corrected chi connectivity index (χ3v) is 7.16. The molecule has 3 heteroatoms. The van der Waals surface area contributed by atoms with Gasteiger partial charge in [-0.05, 0) is 80.4 Å². The number of rotatable bonds is 12. The summed E-state index contributed by atoms with van der Waals surface area (Å²) in [7, 11) is 0. The predicted molar refractivity (Wildman–Crippen MR) is 137 cm³/mol. The van der Waals surface area contributed by atoms with E-state index in [9.17, 15) is 9.90 Å². The van der Waals surface area contributed by atoms with Gasteiger partial charge in [-0.2, -0.15) is 0 Å². The van der Waals surface area contributed by atoms with Crippen molar-refractivity contribution in [1.29, 1.82) is 0 Å². The van der Waals surface area contributed by atoms with Gasteiger partial charge in [-0.1, -0.05) is 75.9 Å². The molecule has 1 aromatic carbocycles. The van der Waals surface area contributed by atoms with Crippen LogP contribution in [0.15, 0.2) is 54.2 Å². The summed E-state index contributed by atoms with van der Waals surface area (Å²) in [6.45, 7) is 4.41. The van der Waals surface area contributed by atoms with Crippen LogP contribution in [-0.4, -0.2) is 16.1 Å². The molecule has 1 fully saturated rings. The van der Waals surface area contributed by atoms with Gasteiger partial charge in [0.15, 0.2) is 0 Å². The summed E-state index contributed by atoms with van der Waals surface area (Å²) in [5, 5.41) is 9.70. The Bertz CT molecular complexity index is 875. The van der Waals surface area contributed by atoms with Crippen molar-refractivity contribution in [3.63, 3.8) is 0 Å². The molecule has 1 heterocycles. The number of aryl methyl sites for hydroxylation is 1. The molecule has 0 atom stereocenters. The molecule has 3 rings (SSSR count). The van der Waals surface area contributed by atoms with Crippen molar-refractivity contribution in [2.24, 2.45) is 5.92 Å². The second kappa shape index (κ2) is 13.3. The van der Waals surface area contributed by atoms with Crippen molar-refractivity contribution in [1.82, 2.24) is 4.98 Å². The summed E-state index contributed by atoms with van der Waals surface area (Å²) in [5.41, 5.74) is 5.54. The Morgan fingerprint density at radius 1 is 0.939 bits per heavy atom. The monoisotopic (exact) mass is 447 g/mol. The minimum absolute atomic E-state index is 0.208. The maximum atomic E-state index is 11.8. The lowest BCUT2D eigenvalue weighted by atomic mass is 9.75. The van der Waals surface area contributed by atoms with Crippen LogP contribution in [-0.2, 0) is 11.2 Å². The van der Waals surface area contributed by atoms with E-state index in [2.05, 4.69) is 55.2 Å². The molecule has 1 aromatic heterocycles. The first-order valence-corrected chi connectivity index (χ1v) is 13.1. The van der Waals surface area contributed by atoms with Gasteiger partial charge in [-0.3, -0.25) is 4.98 Å². The van der Waals surface area contributed by atoms with E-state index < -0.39 is 5.97 Å². The van der Waals surface area contributed by atoms with Gasteiger partial charge in [-0.15, -0.1) is 0 Å². The zero-order chi connectivity index (χ0) is 23.5. The number of aliphatic carboxylic acids is 1. The normalized spacial score (nSPS) is 18.9. The molecule has 0 saturated heterocycles. The van der Waals surface area contributed by atoms with E-state index in [-0.39, 0.29) is 5.92 Å². The molecular formula is C30H41NO2. The highest BCUT2D eigenvalue weighted by atomic mass is 16.4. The molecular weight excluding hydrogens is 406 g/mol. The highest BCUT2D eigenvalue weighted by Crippen LogP contribution is 2.39. The lowest BCUT2D eigenvalue weighted by Gasteiger charge is -2.29. The van der Waals surface area contributed by atoms with Gasteiger partial charge in [0.25, 0.3) is 0 Å². The average Bonchev–Trinajstić information content (AvgIpc) is 2.85. The molecule has 33 heavy (non-hydrogen) atoms. The molecule has 1 N–H and O–H groups in total. The zero-order valence-corrected chi connectivity index (χ0v) is 20.6. The molecule has 0 unspecified atom stereocenters. The van der Waals surface area contributed by atoms with Gasteiger partial charge >= 0.3 is 5.97 Å². The maximum Gasteiger partial charge on any atom is 0.331 e. The van der Waals surface area contributed by atoms with E-state index in [1.165, 1.54) is 43.2 Å². The van der Waals surface area contributed by atoms with Crippen LogP contribution < -0.4 is 0 Å². The Labute approximate surface area is 200 Å². The Morgan fingerprint density at radius 3 is 2.24 bits per heavy atom. The molecule has 2 aromatic rings. The van der Waals surface area contributed by atoms with Crippen LogP contribution in [0.4, 0.5) is 0 Å². The van der Waals surface area contributed by atoms with Crippen LogP contribution in [0.5, 0.6) is 0 Å². The number of pyridine rings is 1. The molecule has 1 aliphatic rings. The summed E-state index contributed by atoms with van der Waals surface area (Å²) >= 11 is 0. The van der Waals surface area contributed by atoms with Gasteiger partial charge < -0.3 is 5.11 Å². The second-order valence-corrected chi connectivity index (χ2v) is 9.64. The largest absolute Gasteiger partial charge is 0.478 e. The lowest BCUT2D eigenvalue weighted by molar-refractivity contribution is -0.133. The minimum atomic E-state index is -0.719. The third-order valence-electron chi connectivity index (χ3n) is 7.16. The number of carboxylic acid groups (broad SMARTS) is 1. The SMILES string of the molecule is CCCCCC=C(C(=O)O)C1CCC(c2ccc(-c3ccc(CCCCC)cn3)cc2)CC1. The number of carbonyl (C=O) groups is 1. The molecule has 178 valence electrons. The van der Waals surface area contributed by atoms with E-state index in [4.69, 9.17) is 0 Å². The third kappa shape index (κ3) is 7.55. The fraction of sp³-hybridized carbons (Fsp3) is 0.533. The summed E-state index contributed by atoms with van der Waals surface area (Å²) in [6.07, 6.45) is 17.3. The van der Waals surface area contributed by atoms with E-state index in [1.807, 2.05) is 12.3 Å². The molecule has 0 amide bonds. The highest BCUT2D eigenvalue weighted by molar-refractivity contribution is 5.87. The molecule has 3 nitrogen and oxygen atoms in total. The Balaban J connectivity index is 1.55. The van der Waals surface area contributed by atoms with Crippen LogP contribution in [0, 0.1) is 5.92 Å². The van der Waals surface area contributed by atoms with Crippen molar-refractivity contribution in [2.45, 2.75) is 96.8 Å². The summed E-state index contributed by atoms with van der Waals surface area (Å²) in [5.74, 6) is 0.0159. The van der Waals surface area contributed by atoms with Gasteiger partial charge in [0.2, 0.25) is 0 Å². The number of hydrogen-bond donors (Lipinski definition) is 1. The minimum Gasteiger partial charge on any atom is -0.478 e. The molecule has 1 saturated carbocycles. The molecule has 1 aliphatic carbocycles. The Morgan fingerprint density at radius 2 is 1.64 bits per heavy atom. The molecule has 0 radical (unpaired) electrons. The number of hydrogen-bond acceptors (Lipinski definition) is 2. The van der Waals surface area contributed by atoms with Crippen molar-refractivity contribution >= 4 is 5.97 Å². The predicted octanol–water partition coefficient (Wildman–Crippen LogP) is 8.35. The van der Waals surface area contributed by atoms with Gasteiger partial charge in [0.1, 0.15) is 0 Å². The number of allylic oxidation sites excluding steroid dienone is 1. The van der Waals surface area contributed by atoms with Gasteiger partial charge in [0, 0.05) is 17.3 Å². The van der Waals surface area contributed by atoms with E-state index in [0.29, 0.717) is 11.5 Å².